The van der Waals surface area contributed by atoms with Gasteiger partial charge < -0.3 is 9.64 Å². The van der Waals surface area contributed by atoms with Crippen LogP contribution >= 0.6 is 11.3 Å². The predicted octanol–water partition coefficient (Wildman–Crippen LogP) is 2.44. The number of nitro groups is 1. The molecule has 0 aliphatic carbocycles. The van der Waals surface area contributed by atoms with Gasteiger partial charge in [0.2, 0.25) is 0 Å². The molecule has 3 heterocycles. The lowest BCUT2D eigenvalue weighted by Crippen LogP contribution is -2.41. The van der Waals surface area contributed by atoms with Crippen LogP contribution in [-0.4, -0.2) is 34.5 Å². The van der Waals surface area contributed by atoms with E-state index in [1.54, 1.807) is 36.9 Å². The fraction of sp³-hybridized carbons (Fsp3) is 0.231. The van der Waals surface area contributed by atoms with E-state index >= 15 is 0 Å². The van der Waals surface area contributed by atoms with Gasteiger partial charge in [-0.05, 0) is 32.4 Å². The molecular weight excluding hydrogens is 496 g/mol. The second kappa shape index (κ2) is 9.25. The summed E-state index contributed by atoms with van der Waals surface area (Å²) in [7, 11) is 0. The number of amides is 1. The molecule has 0 spiro atoms. The number of anilines is 1. The Morgan fingerprint density at radius 2 is 1.92 bits per heavy atom. The molecule has 1 aromatic heterocycles. The Balaban J connectivity index is 1.84. The molecule has 0 saturated carbocycles. The van der Waals surface area contributed by atoms with Gasteiger partial charge in [-0.15, -0.1) is 0 Å². The molecular formula is C26H22N4O6S. The summed E-state index contributed by atoms with van der Waals surface area (Å²) < 4.78 is 6.79. The van der Waals surface area contributed by atoms with E-state index in [1.807, 2.05) is 19.1 Å². The highest BCUT2D eigenvalue weighted by atomic mass is 32.1. The van der Waals surface area contributed by atoms with Gasteiger partial charge in [-0.1, -0.05) is 41.7 Å². The number of carbonyl (C=O) groups excluding carboxylic acids is 2. The number of non-ortho nitro benzene ring substituents is 1. The standard InChI is InChI=1S/C26H22N4O6S/c1-4-28-18-12-7-6-11-17(18)20(23(28)31)22-24(32)29-21(15-9-8-10-16(13-15)30(34)35)19(25(33)36-5-2)14(3)27-26(29)37-22/h6-13,21H,4-5H2,1-3H3/b22-20+/t21-/m1/s1. The normalized spacial score (nSPS) is 17.9. The summed E-state index contributed by atoms with van der Waals surface area (Å²) in [5, 5.41) is 11.5. The summed E-state index contributed by atoms with van der Waals surface area (Å²) in [5.74, 6) is -0.958. The maximum atomic E-state index is 14.0. The minimum absolute atomic E-state index is 0.101. The summed E-state index contributed by atoms with van der Waals surface area (Å²) in [4.78, 5) is 57.8. The van der Waals surface area contributed by atoms with Gasteiger partial charge in [-0.2, -0.15) is 0 Å². The first-order valence-electron chi connectivity index (χ1n) is 11.7. The van der Waals surface area contributed by atoms with Gasteiger partial charge in [0.25, 0.3) is 17.2 Å². The molecule has 10 nitrogen and oxygen atoms in total. The molecule has 37 heavy (non-hydrogen) atoms. The first-order chi connectivity index (χ1) is 17.8. The van der Waals surface area contributed by atoms with E-state index in [2.05, 4.69) is 4.99 Å². The van der Waals surface area contributed by atoms with Crippen molar-refractivity contribution in [1.82, 2.24) is 4.57 Å². The first kappa shape index (κ1) is 24.3. The highest BCUT2D eigenvalue weighted by molar-refractivity contribution is 7.07. The number of benzene rings is 2. The Labute approximate surface area is 214 Å². The van der Waals surface area contributed by atoms with Crippen LogP contribution < -0.4 is 19.8 Å². The number of nitro benzene ring substituents is 1. The summed E-state index contributed by atoms with van der Waals surface area (Å²) in [6.07, 6.45) is 0. The van der Waals surface area contributed by atoms with Gasteiger partial charge in [0.1, 0.15) is 4.53 Å². The number of rotatable bonds is 5. The topological polar surface area (TPSA) is 124 Å². The lowest BCUT2D eigenvalue weighted by molar-refractivity contribution is -0.384. The number of para-hydroxylation sites is 1. The number of fused-ring (bicyclic) bond motifs is 2. The molecule has 2 aromatic carbocycles. The molecule has 1 amide bonds. The molecule has 0 saturated heterocycles. The van der Waals surface area contributed by atoms with Crippen LogP contribution in [0.15, 0.2) is 69.6 Å². The first-order valence-corrected chi connectivity index (χ1v) is 12.5. The van der Waals surface area contributed by atoms with Crippen molar-refractivity contribution in [2.24, 2.45) is 4.99 Å². The molecule has 0 fully saturated rings. The number of esters is 1. The number of hydrogen-bond acceptors (Lipinski definition) is 8. The second-order valence-electron chi connectivity index (χ2n) is 8.42. The van der Waals surface area contributed by atoms with E-state index in [-0.39, 0.29) is 38.7 Å². The molecule has 1 atom stereocenters. The Kier molecular flexibility index (Phi) is 6.08. The number of ether oxygens (including phenoxy) is 1. The van der Waals surface area contributed by atoms with Crippen molar-refractivity contribution < 1.29 is 19.2 Å². The van der Waals surface area contributed by atoms with Gasteiger partial charge in [0, 0.05) is 24.2 Å². The zero-order valence-electron chi connectivity index (χ0n) is 20.3. The van der Waals surface area contributed by atoms with Crippen molar-refractivity contribution in [2.45, 2.75) is 26.8 Å². The largest absolute Gasteiger partial charge is 0.463 e. The average Bonchev–Trinajstić information content (AvgIpc) is 3.35. The van der Waals surface area contributed by atoms with E-state index in [0.29, 0.717) is 23.4 Å². The Morgan fingerprint density at radius 1 is 1.16 bits per heavy atom. The van der Waals surface area contributed by atoms with E-state index in [9.17, 15) is 24.5 Å². The van der Waals surface area contributed by atoms with Gasteiger partial charge in [-0.3, -0.25) is 24.3 Å². The quantitative estimate of drug-likeness (QED) is 0.290. The van der Waals surface area contributed by atoms with Crippen LogP contribution in [0.4, 0.5) is 11.4 Å². The monoisotopic (exact) mass is 518 g/mol. The smallest absolute Gasteiger partial charge is 0.338 e. The Morgan fingerprint density at radius 3 is 2.62 bits per heavy atom. The maximum absolute atomic E-state index is 14.0. The summed E-state index contributed by atoms with van der Waals surface area (Å²) in [6.45, 7) is 5.68. The highest BCUT2D eigenvalue weighted by Crippen LogP contribution is 2.35. The fourth-order valence-electron chi connectivity index (χ4n) is 4.78. The Bertz CT molecular complexity index is 1700. The van der Waals surface area contributed by atoms with E-state index < -0.39 is 22.5 Å². The van der Waals surface area contributed by atoms with Crippen LogP contribution in [0.5, 0.6) is 0 Å². The molecule has 3 aromatic rings. The molecule has 2 aliphatic rings. The van der Waals surface area contributed by atoms with Crippen LogP contribution in [0.1, 0.15) is 37.9 Å². The number of thiazole rings is 1. The van der Waals surface area contributed by atoms with Crippen molar-refractivity contribution in [2.75, 3.05) is 18.1 Å². The average molecular weight is 519 g/mol. The van der Waals surface area contributed by atoms with Gasteiger partial charge in [-0.25, -0.2) is 9.79 Å². The van der Waals surface area contributed by atoms with Crippen LogP contribution in [0.2, 0.25) is 0 Å². The molecule has 0 N–H and O–H groups in total. The van der Waals surface area contributed by atoms with Gasteiger partial charge >= 0.3 is 5.97 Å². The molecule has 0 unspecified atom stereocenters. The molecule has 5 rings (SSSR count). The number of aromatic nitrogens is 1. The molecule has 11 heteroatoms. The van der Waals surface area contributed by atoms with E-state index in [0.717, 1.165) is 17.0 Å². The van der Waals surface area contributed by atoms with E-state index in [1.165, 1.54) is 22.8 Å². The second-order valence-corrected chi connectivity index (χ2v) is 9.39. The van der Waals surface area contributed by atoms with Crippen molar-refractivity contribution in [3.05, 3.63) is 101 Å². The SMILES string of the molecule is CCOC(=O)C1=C(C)N=c2s/c(=C3/C(=O)N(CC)c4ccccc43)c(=O)n2[C@@H]1c1cccc([N+](=O)[O-])c1. The third-order valence-electron chi connectivity index (χ3n) is 6.36. The minimum atomic E-state index is -1.02. The van der Waals surface area contributed by atoms with Crippen LogP contribution in [0.3, 0.4) is 0 Å². The number of carbonyl (C=O) groups is 2. The zero-order chi connectivity index (χ0) is 26.4. The summed E-state index contributed by atoms with van der Waals surface area (Å²) in [5.41, 5.74) is 1.75. The number of likely N-dealkylation sites (N-methyl/N-ethyl adjacent to an activating group) is 1. The minimum Gasteiger partial charge on any atom is -0.463 e. The Hall–Kier alpha value is -4.38. The van der Waals surface area contributed by atoms with Crippen LogP contribution in [0.25, 0.3) is 5.57 Å². The zero-order valence-corrected chi connectivity index (χ0v) is 21.1. The van der Waals surface area contributed by atoms with Gasteiger partial charge in [0.15, 0.2) is 4.80 Å². The van der Waals surface area contributed by atoms with Gasteiger partial charge in [0.05, 0.1) is 40.1 Å². The lowest BCUT2D eigenvalue weighted by Gasteiger charge is -2.24. The lowest BCUT2D eigenvalue weighted by atomic mass is 9.95. The molecule has 0 radical (unpaired) electrons. The van der Waals surface area contributed by atoms with Crippen molar-refractivity contribution in [3.63, 3.8) is 0 Å². The van der Waals surface area contributed by atoms with Crippen molar-refractivity contribution in [3.8, 4) is 0 Å². The predicted molar refractivity (Wildman–Crippen MR) is 137 cm³/mol. The summed E-state index contributed by atoms with van der Waals surface area (Å²) in [6, 6.07) is 12.0. The van der Waals surface area contributed by atoms with Crippen molar-refractivity contribution >= 4 is 40.2 Å². The highest BCUT2D eigenvalue weighted by Gasteiger charge is 2.37. The molecule has 0 bridgehead atoms. The third kappa shape index (κ3) is 3.78. The molecule has 188 valence electrons. The fourth-order valence-corrected chi connectivity index (χ4v) is 5.92. The van der Waals surface area contributed by atoms with E-state index in [4.69, 9.17) is 4.74 Å². The van der Waals surface area contributed by atoms with Crippen molar-refractivity contribution in [1.29, 1.82) is 0 Å². The maximum Gasteiger partial charge on any atom is 0.338 e. The van der Waals surface area contributed by atoms with Crippen LogP contribution in [0, 0.1) is 10.1 Å². The number of nitrogens with zero attached hydrogens (tertiary/aromatic N) is 4. The summed E-state index contributed by atoms with van der Waals surface area (Å²) >= 11 is 1.06. The molecule has 2 aliphatic heterocycles. The third-order valence-corrected chi connectivity index (χ3v) is 7.41. The number of allylic oxidation sites excluding steroid dienone is 1. The number of hydrogen-bond donors (Lipinski definition) is 0. The van der Waals surface area contributed by atoms with Crippen LogP contribution in [-0.2, 0) is 14.3 Å².